The Labute approximate surface area is 213 Å². The van der Waals surface area contributed by atoms with Crippen LogP contribution >= 0.6 is 11.6 Å². The lowest BCUT2D eigenvalue weighted by atomic mass is 10.1. The number of aromatic nitrogens is 4. The standard InChI is InChI=1S/C22H15ClF8N6O/c1-36-8-13(10-3-4-12(23)11(7-10)18(38)34-19(9-32)5-6-19)33-17(36)15-14(21(26,27)28)16(35-37(15)2)20(24,25)22(29,30)31/h3-4,7-8H,5-6H2,1-2H3,(H,34,38). The summed E-state index contributed by atoms with van der Waals surface area (Å²) in [5.41, 5.74) is -6.88. The molecule has 1 aromatic carbocycles. The van der Waals surface area contributed by atoms with Gasteiger partial charge in [0.15, 0.2) is 11.5 Å². The molecule has 1 amide bonds. The summed E-state index contributed by atoms with van der Waals surface area (Å²) < 4.78 is 110. The molecule has 3 aromatic rings. The molecule has 202 valence electrons. The molecular formula is C22H15ClF8N6O. The summed E-state index contributed by atoms with van der Waals surface area (Å²) in [7, 11) is 1.98. The number of imidazole rings is 1. The normalized spacial score (nSPS) is 15.3. The number of aryl methyl sites for hydroxylation is 2. The lowest BCUT2D eigenvalue weighted by Gasteiger charge is -2.19. The zero-order valence-corrected chi connectivity index (χ0v) is 20.0. The quantitative estimate of drug-likeness (QED) is 0.407. The fourth-order valence-corrected chi connectivity index (χ4v) is 3.96. The van der Waals surface area contributed by atoms with Gasteiger partial charge in [-0.2, -0.15) is 45.5 Å². The number of nitriles is 1. The molecule has 0 aliphatic heterocycles. The molecule has 16 heteroatoms. The van der Waals surface area contributed by atoms with Crippen LogP contribution in [0.3, 0.4) is 0 Å². The summed E-state index contributed by atoms with van der Waals surface area (Å²) >= 11 is 6.11. The highest BCUT2D eigenvalue weighted by atomic mass is 35.5. The molecular weight excluding hydrogens is 552 g/mol. The van der Waals surface area contributed by atoms with Gasteiger partial charge >= 0.3 is 18.3 Å². The van der Waals surface area contributed by atoms with Gasteiger partial charge in [-0.15, -0.1) is 0 Å². The van der Waals surface area contributed by atoms with Gasteiger partial charge < -0.3 is 9.88 Å². The van der Waals surface area contributed by atoms with E-state index >= 15 is 0 Å². The third kappa shape index (κ3) is 4.57. The maximum absolute atomic E-state index is 14.0. The number of nitrogens with zero attached hydrogens (tertiary/aromatic N) is 5. The molecule has 38 heavy (non-hydrogen) atoms. The second kappa shape index (κ2) is 8.69. The Balaban J connectivity index is 1.82. The van der Waals surface area contributed by atoms with Gasteiger partial charge in [-0.05, 0) is 25.0 Å². The number of benzene rings is 1. The van der Waals surface area contributed by atoms with Crippen molar-refractivity contribution in [2.75, 3.05) is 0 Å². The number of rotatable bonds is 5. The number of hydrogen-bond acceptors (Lipinski definition) is 4. The van der Waals surface area contributed by atoms with E-state index in [9.17, 15) is 45.2 Å². The van der Waals surface area contributed by atoms with Gasteiger partial charge in [0.1, 0.15) is 16.8 Å². The molecule has 0 unspecified atom stereocenters. The molecule has 2 aromatic heterocycles. The molecule has 4 rings (SSSR count). The lowest BCUT2D eigenvalue weighted by molar-refractivity contribution is -0.292. The van der Waals surface area contributed by atoms with E-state index in [0.29, 0.717) is 12.8 Å². The average molecular weight is 567 g/mol. The van der Waals surface area contributed by atoms with Crippen molar-refractivity contribution in [2.24, 2.45) is 14.1 Å². The SMILES string of the molecule is Cn1cc(-c2ccc(Cl)c(C(=O)NC3(C#N)CC3)c2)nc1-c1c(C(F)(F)F)c(C(F)(F)C(F)(F)F)nn1C. The van der Waals surface area contributed by atoms with E-state index in [-0.39, 0.29) is 26.5 Å². The van der Waals surface area contributed by atoms with Crippen molar-refractivity contribution >= 4 is 17.5 Å². The molecule has 1 aliphatic rings. The van der Waals surface area contributed by atoms with Crippen LogP contribution in [0.25, 0.3) is 22.8 Å². The fourth-order valence-electron chi connectivity index (χ4n) is 3.76. The molecule has 1 aliphatic carbocycles. The first kappa shape index (κ1) is 27.4. The second-order valence-electron chi connectivity index (χ2n) is 8.67. The number of carbonyl (C=O) groups is 1. The highest BCUT2D eigenvalue weighted by molar-refractivity contribution is 6.34. The number of carbonyl (C=O) groups excluding carboxylic acids is 1. The maximum Gasteiger partial charge on any atom is 0.459 e. The summed E-state index contributed by atoms with van der Waals surface area (Å²) in [6.07, 6.45) is -9.91. The van der Waals surface area contributed by atoms with Crippen LogP contribution < -0.4 is 5.32 Å². The van der Waals surface area contributed by atoms with Crippen LogP contribution in [-0.4, -0.2) is 37.0 Å². The van der Waals surface area contributed by atoms with Crippen molar-refractivity contribution in [3.05, 3.63) is 46.2 Å². The molecule has 0 atom stereocenters. The van der Waals surface area contributed by atoms with E-state index in [0.717, 1.165) is 11.6 Å². The third-order valence-corrected chi connectivity index (χ3v) is 6.23. The van der Waals surface area contributed by atoms with E-state index in [2.05, 4.69) is 15.4 Å². The Morgan fingerprint density at radius 3 is 2.29 bits per heavy atom. The van der Waals surface area contributed by atoms with Crippen molar-refractivity contribution in [3.8, 4) is 28.8 Å². The molecule has 0 saturated heterocycles. The van der Waals surface area contributed by atoms with Crippen molar-refractivity contribution in [2.45, 2.75) is 36.7 Å². The number of amides is 1. The van der Waals surface area contributed by atoms with Crippen LogP contribution in [0.2, 0.25) is 5.02 Å². The van der Waals surface area contributed by atoms with E-state index in [1.54, 1.807) is 0 Å². The molecule has 0 bridgehead atoms. The zero-order chi connectivity index (χ0) is 28.4. The van der Waals surface area contributed by atoms with Crippen LogP contribution in [0.5, 0.6) is 0 Å². The smallest absolute Gasteiger partial charge is 0.334 e. The highest BCUT2D eigenvalue weighted by Crippen LogP contribution is 2.50. The third-order valence-electron chi connectivity index (χ3n) is 5.90. The molecule has 1 saturated carbocycles. The van der Waals surface area contributed by atoms with Gasteiger partial charge in [-0.25, -0.2) is 4.98 Å². The number of halogens is 9. The van der Waals surface area contributed by atoms with Gasteiger partial charge in [-0.3, -0.25) is 9.48 Å². The van der Waals surface area contributed by atoms with Crippen LogP contribution in [-0.2, 0) is 26.2 Å². The van der Waals surface area contributed by atoms with Crippen molar-refractivity contribution in [3.63, 3.8) is 0 Å². The van der Waals surface area contributed by atoms with Crippen LogP contribution in [0.4, 0.5) is 35.1 Å². The Kier molecular flexibility index (Phi) is 6.26. The van der Waals surface area contributed by atoms with E-state index in [4.69, 9.17) is 11.6 Å². The minimum Gasteiger partial charge on any atom is -0.334 e. The monoisotopic (exact) mass is 566 g/mol. The molecule has 1 fully saturated rings. The summed E-state index contributed by atoms with van der Waals surface area (Å²) in [5.74, 6) is -7.20. The fraction of sp³-hybridized carbons (Fsp3) is 0.364. The summed E-state index contributed by atoms with van der Waals surface area (Å²) in [6, 6.07) is 5.92. The first-order chi connectivity index (χ1) is 17.4. The predicted molar refractivity (Wildman–Crippen MR) is 116 cm³/mol. The van der Waals surface area contributed by atoms with Gasteiger partial charge in [0.25, 0.3) is 5.91 Å². The van der Waals surface area contributed by atoms with Gasteiger partial charge in [0.05, 0.1) is 22.3 Å². The first-order valence-corrected chi connectivity index (χ1v) is 11.0. The van der Waals surface area contributed by atoms with Gasteiger partial charge in [0, 0.05) is 25.9 Å². The largest absolute Gasteiger partial charge is 0.459 e. The number of hydrogen-bond donors (Lipinski definition) is 1. The molecule has 1 N–H and O–H groups in total. The predicted octanol–water partition coefficient (Wildman–Crippen LogP) is 5.60. The number of nitrogens with one attached hydrogen (secondary N) is 1. The van der Waals surface area contributed by atoms with Gasteiger partial charge in [-0.1, -0.05) is 17.7 Å². The second-order valence-corrected chi connectivity index (χ2v) is 9.08. The van der Waals surface area contributed by atoms with Crippen LogP contribution in [0, 0.1) is 11.3 Å². The van der Waals surface area contributed by atoms with Crippen molar-refractivity contribution in [1.29, 1.82) is 5.26 Å². The minimum absolute atomic E-state index is 0.00107. The highest BCUT2D eigenvalue weighted by Gasteiger charge is 2.64. The Morgan fingerprint density at radius 2 is 1.76 bits per heavy atom. The van der Waals surface area contributed by atoms with Crippen molar-refractivity contribution in [1.82, 2.24) is 24.6 Å². The summed E-state index contributed by atoms with van der Waals surface area (Å²) in [6.45, 7) is 0. The summed E-state index contributed by atoms with van der Waals surface area (Å²) in [5, 5.41) is 14.6. The Hall–Kier alpha value is -3.67. The molecule has 7 nitrogen and oxygen atoms in total. The minimum atomic E-state index is -6.34. The van der Waals surface area contributed by atoms with Crippen molar-refractivity contribution < 1.29 is 39.9 Å². The van der Waals surface area contributed by atoms with Crippen LogP contribution in [0.15, 0.2) is 24.4 Å². The van der Waals surface area contributed by atoms with E-state index in [1.807, 2.05) is 6.07 Å². The van der Waals surface area contributed by atoms with Crippen LogP contribution in [0.1, 0.15) is 34.5 Å². The molecule has 0 spiro atoms. The zero-order valence-electron chi connectivity index (χ0n) is 19.3. The topological polar surface area (TPSA) is 88.5 Å². The first-order valence-electron chi connectivity index (χ1n) is 10.6. The number of alkyl halides is 8. The lowest BCUT2D eigenvalue weighted by Crippen LogP contribution is -2.36. The molecule has 2 heterocycles. The summed E-state index contributed by atoms with van der Waals surface area (Å²) in [4.78, 5) is 16.7. The average Bonchev–Trinajstić information content (AvgIpc) is 3.32. The Morgan fingerprint density at radius 1 is 1.13 bits per heavy atom. The van der Waals surface area contributed by atoms with E-state index < -0.39 is 52.5 Å². The van der Waals surface area contributed by atoms with Gasteiger partial charge in [0.2, 0.25) is 0 Å². The maximum atomic E-state index is 14.0. The van der Waals surface area contributed by atoms with E-state index in [1.165, 1.54) is 31.4 Å². The Bertz CT molecular complexity index is 1480. The molecule has 0 radical (unpaired) electrons.